The van der Waals surface area contributed by atoms with E-state index in [1.54, 1.807) is 12.1 Å². The van der Waals surface area contributed by atoms with E-state index in [9.17, 15) is 24.8 Å². The Balaban J connectivity index is 1.83. The molecule has 28 heavy (non-hydrogen) atoms. The number of nitrogens with zero attached hydrogens (tertiary/aromatic N) is 1. The fourth-order valence-corrected chi connectivity index (χ4v) is 4.02. The fourth-order valence-electron chi connectivity index (χ4n) is 4.02. The normalized spacial score (nSPS) is 24.0. The zero-order valence-corrected chi connectivity index (χ0v) is 14.1. The van der Waals surface area contributed by atoms with Crippen molar-refractivity contribution in [3.8, 4) is 11.5 Å². The SMILES string of the molecule is O=C1C=C[C@H]2C(=C1)Oc1cc(O)ccc1[C@]21OC(=O)c2cc([N+](=O)[O-])ccc21. The molecule has 138 valence electrons. The second kappa shape index (κ2) is 5.29. The number of allylic oxidation sites excluding steroid dienone is 2. The minimum Gasteiger partial charge on any atom is -0.508 e. The minimum atomic E-state index is -1.36. The Hall–Kier alpha value is -3.94. The minimum absolute atomic E-state index is 0.0566. The molecule has 2 atom stereocenters. The van der Waals surface area contributed by atoms with E-state index in [0.717, 1.165) is 0 Å². The fraction of sp³-hybridized carbons (Fsp3) is 0.100. The first kappa shape index (κ1) is 16.2. The van der Waals surface area contributed by atoms with E-state index >= 15 is 0 Å². The first-order chi connectivity index (χ1) is 13.4. The molecule has 0 aromatic heterocycles. The van der Waals surface area contributed by atoms with Crippen molar-refractivity contribution in [1.82, 2.24) is 0 Å². The number of carbonyl (C=O) groups excluding carboxylic acids is 2. The lowest BCUT2D eigenvalue weighted by atomic mass is 9.71. The highest BCUT2D eigenvalue weighted by molar-refractivity contribution is 6.01. The average Bonchev–Trinajstić information content (AvgIpc) is 2.94. The summed E-state index contributed by atoms with van der Waals surface area (Å²) in [4.78, 5) is 35.1. The van der Waals surface area contributed by atoms with Crippen LogP contribution >= 0.6 is 0 Å². The Morgan fingerprint density at radius 2 is 1.89 bits per heavy atom. The van der Waals surface area contributed by atoms with Gasteiger partial charge in [-0.1, -0.05) is 6.08 Å². The molecule has 1 N–H and O–H groups in total. The first-order valence-corrected chi connectivity index (χ1v) is 8.37. The molecule has 5 rings (SSSR count). The standard InChI is InChI=1S/C20H11NO7/c22-11-2-5-15-17(8-11)27-18-9-12(23)3-6-16(18)20(15)14-4-1-10(21(25)26)7-13(14)19(24)28-20/h1-9,15,23H/t15-,20+/m0/s1. The molecule has 1 spiro atoms. The van der Waals surface area contributed by atoms with Crippen LogP contribution in [0.4, 0.5) is 5.69 Å². The van der Waals surface area contributed by atoms with Crippen LogP contribution in [0.3, 0.4) is 0 Å². The second-order valence-corrected chi connectivity index (χ2v) is 6.68. The summed E-state index contributed by atoms with van der Waals surface area (Å²) >= 11 is 0. The number of rotatable bonds is 1. The molecule has 2 aromatic carbocycles. The number of nitro benzene ring substituents is 1. The number of benzene rings is 2. The average molecular weight is 377 g/mol. The van der Waals surface area contributed by atoms with Crippen LogP contribution in [0.25, 0.3) is 0 Å². The number of non-ortho nitro benzene ring substituents is 1. The highest BCUT2D eigenvalue weighted by Crippen LogP contribution is 2.57. The summed E-state index contributed by atoms with van der Waals surface area (Å²) in [6.45, 7) is 0. The third kappa shape index (κ3) is 1.99. The van der Waals surface area contributed by atoms with E-state index in [-0.39, 0.29) is 34.3 Å². The van der Waals surface area contributed by atoms with Gasteiger partial charge in [0.05, 0.1) is 16.4 Å². The van der Waals surface area contributed by atoms with Crippen molar-refractivity contribution < 1.29 is 29.1 Å². The number of aromatic hydroxyl groups is 1. The number of phenolic OH excluding ortho intramolecular Hbond substituents is 1. The highest BCUT2D eigenvalue weighted by atomic mass is 16.6. The molecule has 0 fully saturated rings. The lowest BCUT2D eigenvalue weighted by molar-refractivity contribution is -0.384. The van der Waals surface area contributed by atoms with Crippen LogP contribution < -0.4 is 4.74 Å². The maximum atomic E-state index is 12.7. The number of hydrogen-bond donors (Lipinski definition) is 1. The monoisotopic (exact) mass is 377 g/mol. The van der Waals surface area contributed by atoms with Gasteiger partial charge in [0.2, 0.25) is 0 Å². The predicted molar refractivity (Wildman–Crippen MR) is 93.7 cm³/mol. The van der Waals surface area contributed by atoms with Crippen molar-refractivity contribution in [3.05, 3.63) is 87.2 Å². The molecule has 0 saturated heterocycles. The smallest absolute Gasteiger partial charge is 0.340 e. The van der Waals surface area contributed by atoms with E-state index in [2.05, 4.69) is 0 Å². The van der Waals surface area contributed by atoms with Crippen LogP contribution in [-0.2, 0) is 15.1 Å². The number of esters is 1. The number of ether oxygens (including phenoxy) is 2. The maximum Gasteiger partial charge on any atom is 0.340 e. The summed E-state index contributed by atoms with van der Waals surface area (Å²) in [5, 5.41) is 21.0. The van der Waals surface area contributed by atoms with Gasteiger partial charge in [-0.3, -0.25) is 14.9 Å². The molecule has 0 bridgehead atoms. The third-order valence-corrected chi connectivity index (χ3v) is 5.16. The molecule has 8 heteroatoms. The van der Waals surface area contributed by atoms with Crippen molar-refractivity contribution in [2.24, 2.45) is 5.92 Å². The maximum absolute atomic E-state index is 12.7. The van der Waals surface area contributed by atoms with E-state index < -0.39 is 22.4 Å². The molecule has 0 unspecified atom stereocenters. The van der Waals surface area contributed by atoms with Gasteiger partial charge in [-0.2, -0.15) is 0 Å². The van der Waals surface area contributed by atoms with Gasteiger partial charge in [0, 0.05) is 35.4 Å². The molecule has 0 radical (unpaired) electrons. The van der Waals surface area contributed by atoms with E-state index in [0.29, 0.717) is 11.1 Å². The van der Waals surface area contributed by atoms with Gasteiger partial charge in [0.1, 0.15) is 17.3 Å². The molecule has 2 aromatic rings. The Bertz CT molecular complexity index is 1160. The van der Waals surface area contributed by atoms with Crippen molar-refractivity contribution in [2.45, 2.75) is 5.60 Å². The highest BCUT2D eigenvalue weighted by Gasteiger charge is 2.58. The van der Waals surface area contributed by atoms with Gasteiger partial charge in [-0.05, 0) is 24.3 Å². The number of phenols is 1. The van der Waals surface area contributed by atoms with E-state index in [1.807, 2.05) is 0 Å². The Morgan fingerprint density at radius 3 is 2.68 bits per heavy atom. The van der Waals surface area contributed by atoms with Crippen LogP contribution in [-0.4, -0.2) is 21.8 Å². The van der Waals surface area contributed by atoms with Crippen molar-refractivity contribution in [1.29, 1.82) is 0 Å². The third-order valence-electron chi connectivity index (χ3n) is 5.16. The van der Waals surface area contributed by atoms with Crippen LogP contribution in [0.15, 0.2) is 60.4 Å². The van der Waals surface area contributed by atoms with E-state index in [4.69, 9.17) is 9.47 Å². The summed E-state index contributed by atoms with van der Waals surface area (Å²) < 4.78 is 11.7. The van der Waals surface area contributed by atoms with Crippen molar-refractivity contribution in [3.63, 3.8) is 0 Å². The number of nitro groups is 1. The van der Waals surface area contributed by atoms with Gasteiger partial charge in [0.25, 0.3) is 5.69 Å². The number of hydrogen-bond acceptors (Lipinski definition) is 7. The lowest BCUT2D eigenvalue weighted by Crippen LogP contribution is -2.42. The molecule has 2 heterocycles. The summed E-state index contributed by atoms with van der Waals surface area (Å²) in [7, 11) is 0. The van der Waals surface area contributed by atoms with Crippen molar-refractivity contribution in [2.75, 3.05) is 0 Å². The van der Waals surface area contributed by atoms with Gasteiger partial charge in [0.15, 0.2) is 11.4 Å². The first-order valence-electron chi connectivity index (χ1n) is 8.37. The number of ketones is 1. The molecule has 8 nitrogen and oxygen atoms in total. The summed E-state index contributed by atoms with van der Waals surface area (Å²) in [6.07, 6.45) is 4.26. The van der Waals surface area contributed by atoms with Gasteiger partial charge in [-0.15, -0.1) is 0 Å². The molecule has 1 aliphatic carbocycles. The lowest BCUT2D eigenvalue weighted by Gasteiger charge is -2.42. The molecular formula is C20H11NO7. The Labute approximate surface area is 157 Å². The molecule has 3 aliphatic rings. The van der Waals surface area contributed by atoms with Crippen LogP contribution in [0, 0.1) is 16.0 Å². The van der Waals surface area contributed by atoms with Gasteiger partial charge < -0.3 is 14.6 Å². The topological polar surface area (TPSA) is 116 Å². The van der Waals surface area contributed by atoms with Crippen LogP contribution in [0.2, 0.25) is 0 Å². The summed E-state index contributed by atoms with van der Waals surface area (Å²) in [5.74, 6) is -1.16. The largest absolute Gasteiger partial charge is 0.508 e. The Morgan fingerprint density at radius 1 is 1.11 bits per heavy atom. The summed E-state index contributed by atoms with van der Waals surface area (Å²) in [6, 6.07) is 8.36. The van der Waals surface area contributed by atoms with Crippen molar-refractivity contribution >= 4 is 17.4 Å². The molecule has 2 aliphatic heterocycles. The number of carbonyl (C=O) groups is 2. The second-order valence-electron chi connectivity index (χ2n) is 6.68. The van der Waals surface area contributed by atoms with Crippen LogP contribution in [0.1, 0.15) is 21.5 Å². The van der Waals surface area contributed by atoms with Gasteiger partial charge in [-0.25, -0.2) is 4.79 Å². The molecule has 0 amide bonds. The zero-order valence-electron chi connectivity index (χ0n) is 14.1. The Kier molecular flexibility index (Phi) is 3.07. The van der Waals surface area contributed by atoms with Gasteiger partial charge >= 0.3 is 5.97 Å². The van der Waals surface area contributed by atoms with Crippen LogP contribution in [0.5, 0.6) is 11.5 Å². The molecular weight excluding hydrogens is 366 g/mol. The van der Waals surface area contributed by atoms with E-state index in [1.165, 1.54) is 42.5 Å². The predicted octanol–water partition coefficient (Wildman–Crippen LogP) is 2.75. The zero-order chi connectivity index (χ0) is 19.6. The summed E-state index contributed by atoms with van der Waals surface area (Å²) in [5.41, 5.74) is -0.581. The number of fused-ring (bicyclic) bond motifs is 6. The quantitative estimate of drug-likeness (QED) is 0.461. The molecule has 0 saturated carbocycles.